The highest BCUT2D eigenvalue weighted by atomic mass is 15.3. The molecule has 1 aliphatic heterocycles. The molecule has 0 atom stereocenters. The van der Waals surface area contributed by atoms with E-state index >= 15 is 0 Å². The van der Waals surface area contributed by atoms with Gasteiger partial charge in [-0.05, 0) is 24.5 Å². The van der Waals surface area contributed by atoms with Gasteiger partial charge in [0.2, 0.25) is 5.95 Å². The number of rotatable bonds is 5. The van der Waals surface area contributed by atoms with Crippen LogP contribution in [0.25, 0.3) is 0 Å². The second-order valence-electron chi connectivity index (χ2n) is 5.42. The van der Waals surface area contributed by atoms with E-state index in [2.05, 4.69) is 56.2 Å². The summed E-state index contributed by atoms with van der Waals surface area (Å²) in [6.07, 6.45) is 5.11. The van der Waals surface area contributed by atoms with E-state index < -0.39 is 0 Å². The minimum Gasteiger partial charge on any atom is -0.343 e. The summed E-state index contributed by atoms with van der Waals surface area (Å²) in [5, 5.41) is 8.29. The molecule has 1 aliphatic rings. The predicted molar refractivity (Wildman–Crippen MR) is 85.2 cm³/mol. The number of aromatic nitrogens is 3. The second kappa shape index (κ2) is 6.08. The predicted octanol–water partition coefficient (Wildman–Crippen LogP) is 2.80. The van der Waals surface area contributed by atoms with Crippen molar-refractivity contribution in [1.82, 2.24) is 15.2 Å². The molecule has 2 heterocycles. The van der Waals surface area contributed by atoms with Gasteiger partial charge in [-0.2, -0.15) is 10.1 Å². The lowest BCUT2D eigenvalue weighted by Gasteiger charge is -2.20. The van der Waals surface area contributed by atoms with Crippen LogP contribution < -0.4 is 9.80 Å². The molecule has 0 bridgehead atoms. The molecule has 1 aromatic carbocycles. The lowest BCUT2D eigenvalue weighted by Crippen LogP contribution is -2.23. The molecule has 0 saturated heterocycles. The maximum Gasteiger partial charge on any atom is 0.247 e. The monoisotopic (exact) mass is 283 g/mol. The first-order valence-electron chi connectivity index (χ1n) is 7.56. The Balaban J connectivity index is 1.84. The van der Waals surface area contributed by atoms with Crippen molar-refractivity contribution in [3.63, 3.8) is 0 Å². The van der Waals surface area contributed by atoms with E-state index in [9.17, 15) is 0 Å². The Bertz CT molecular complexity index is 613. The van der Waals surface area contributed by atoms with E-state index in [1.165, 1.54) is 11.3 Å². The van der Waals surface area contributed by atoms with Gasteiger partial charge < -0.3 is 9.80 Å². The molecule has 0 spiro atoms. The third-order valence-corrected chi connectivity index (χ3v) is 3.89. The molecule has 5 nitrogen and oxygen atoms in total. The highest BCUT2D eigenvalue weighted by molar-refractivity contribution is 5.67. The van der Waals surface area contributed by atoms with Crippen molar-refractivity contribution in [2.75, 3.05) is 29.9 Å². The van der Waals surface area contributed by atoms with Gasteiger partial charge in [0.1, 0.15) is 0 Å². The fourth-order valence-corrected chi connectivity index (χ4v) is 2.65. The summed E-state index contributed by atoms with van der Waals surface area (Å²) < 4.78 is 0. The number of benzene rings is 1. The van der Waals surface area contributed by atoms with Crippen molar-refractivity contribution in [2.45, 2.75) is 26.2 Å². The third-order valence-electron chi connectivity index (χ3n) is 3.89. The van der Waals surface area contributed by atoms with Gasteiger partial charge in [0.15, 0.2) is 5.82 Å². The number of unbranched alkanes of at least 4 members (excludes halogenated alkanes) is 1. The second-order valence-corrected chi connectivity index (χ2v) is 5.42. The van der Waals surface area contributed by atoms with E-state index in [0.29, 0.717) is 5.95 Å². The van der Waals surface area contributed by atoms with E-state index in [-0.39, 0.29) is 0 Å². The maximum atomic E-state index is 4.68. The topological polar surface area (TPSA) is 45.2 Å². The van der Waals surface area contributed by atoms with Crippen LogP contribution in [-0.2, 0) is 6.42 Å². The first kappa shape index (κ1) is 13.8. The van der Waals surface area contributed by atoms with Crippen LogP contribution in [0.2, 0.25) is 0 Å². The van der Waals surface area contributed by atoms with Crippen molar-refractivity contribution in [1.29, 1.82) is 0 Å². The van der Waals surface area contributed by atoms with Gasteiger partial charge in [-0.25, -0.2) is 0 Å². The number of hydrogen-bond acceptors (Lipinski definition) is 5. The van der Waals surface area contributed by atoms with Gasteiger partial charge in [0.25, 0.3) is 0 Å². The lowest BCUT2D eigenvalue weighted by molar-refractivity contribution is 0.739. The first-order valence-corrected chi connectivity index (χ1v) is 7.56. The van der Waals surface area contributed by atoms with Gasteiger partial charge >= 0.3 is 0 Å². The number of para-hydroxylation sites is 1. The summed E-state index contributed by atoms with van der Waals surface area (Å²) in [5.41, 5.74) is 2.61. The fraction of sp³-hybridized carbons (Fsp3) is 0.438. The van der Waals surface area contributed by atoms with E-state index in [1.54, 1.807) is 6.20 Å². The third kappa shape index (κ3) is 2.82. The molecule has 110 valence electrons. The molecule has 3 rings (SSSR count). The van der Waals surface area contributed by atoms with Crippen LogP contribution in [0.4, 0.5) is 17.5 Å². The summed E-state index contributed by atoms with van der Waals surface area (Å²) in [4.78, 5) is 8.98. The minimum absolute atomic E-state index is 0.699. The molecule has 1 aromatic heterocycles. The van der Waals surface area contributed by atoms with Crippen LogP contribution in [0.1, 0.15) is 25.3 Å². The fourth-order valence-electron chi connectivity index (χ4n) is 2.65. The molecule has 21 heavy (non-hydrogen) atoms. The Hall–Kier alpha value is -2.17. The SMILES string of the molecule is CCCCN(C)c1nncc(N2CCc3ccccc32)n1. The van der Waals surface area contributed by atoms with Crippen molar-refractivity contribution >= 4 is 17.5 Å². The van der Waals surface area contributed by atoms with Crippen LogP contribution in [0.3, 0.4) is 0 Å². The summed E-state index contributed by atoms with van der Waals surface area (Å²) >= 11 is 0. The first-order chi connectivity index (χ1) is 10.3. The standard InChI is InChI=1S/C16H21N5/c1-3-4-10-20(2)16-18-15(12-17-19-16)21-11-9-13-7-5-6-8-14(13)21/h5-8,12H,3-4,9-11H2,1-2H3. The Labute approximate surface area is 125 Å². The Kier molecular flexibility index (Phi) is 3.99. The number of nitrogens with zero attached hydrogens (tertiary/aromatic N) is 5. The highest BCUT2D eigenvalue weighted by Crippen LogP contribution is 2.33. The quantitative estimate of drug-likeness (QED) is 0.844. The van der Waals surface area contributed by atoms with Crippen molar-refractivity contribution in [3.05, 3.63) is 36.0 Å². The van der Waals surface area contributed by atoms with Crippen molar-refractivity contribution in [3.8, 4) is 0 Å². The average molecular weight is 283 g/mol. The van der Waals surface area contributed by atoms with Gasteiger partial charge in [0, 0.05) is 25.8 Å². The smallest absolute Gasteiger partial charge is 0.247 e. The summed E-state index contributed by atoms with van der Waals surface area (Å²) in [7, 11) is 2.02. The Morgan fingerprint density at radius 1 is 1.29 bits per heavy atom. The molecule has 0 N–H and O–H groups in total. The van der Waals surface area contributed by atoms with E-state index in [1.807, 2.05) is 7.05 Å². The van der Waals surface area contributed by atoms with Crippen LogP contribution in [-0.4, -0.2) is 35.3 Å². The van der Waals surface area contributed by atoms with Gasteiger partial charge in [0.05, 0.1) is 6.20 Å². The number of anilines is 3. The molecule has 2 aromatic rings. The van der Waals surface area contributed by atoms with E-state index in [0.717, 1.165) is 38.2 Å². The molecule has 0 saturated carbocycles. The highest BCUT2D eigenvalue weighted by Gasteiger charge is 2.21. The van der Waals surface area contributed by atoms with Gasteiger partial charge in [-0.3, -0.25) is 0 Å². The number of hydrogen-bond donors (Lipinski definition) is 0. The molecular weight excluding hydrogens is 262 g/mol. The van der Waals surface area contributed by atoms with Crippen LogP contribution in [0, 0.1) is 0 Å². The van der Waals surface area contributed by atoms with Crippen LogP contribution in [0.15, 0.2) is 30.5 Å². The molecule has 0 unspecified atom stereocenters. The molecular formula is C16H21N5. The normalized spacial score (nSPS) is 13.3. The zero-order valence-corrected chi connectivity index (χ0v) is 12.7. The maximum absolute atomic E-state index is 4.68. The largest absolute Gasteiger partial charge is 0.343 e. The van der Waals surface area contributed by atoms with E-state index in [4.69, 9.17) is 0 Å². The molecule has 0 fully saturated rings. The van der Waals surface area contributed by atoms with Crippen molar-refractivity contribution in [2.24, 2.45) is 0 Å². The van der Waals surface area contributed by atoms with Crippen LogP contribution in [0.5, 0.6) is 0 Å². The Morgan fingerprint density at radius 3 is 3.00 bits per heavy atom. The van der Waals surface area contributed by atoms with Crippen LogP contribution >= 0.6 is 0 Å². The Morgan fingerprint density at radius 2 is 2.14 bits per heavy atom. The summed E-state index contributed by atoms with van der Waals surface area (Å²) in [5.74, 6) is 1.58. The van der Waals surface area contributed by atoms with Gasteiger partial charge in [-0.15, -0.1) is 5.10 Å². The summed E-state index contributed by atoms with van der Waals surface area (Å²) in [6.45, 7) is 4.10. The molecule has 5 heteroatoms. The summed E-state index contributed by atoms with van der Waals surface area (Å²) in [6, 6.07) is 8.48. The molecule has 0 radical (unpaired) electrons. The zero-order valence-electron chi connectivity index (χ0n) is 12.7. The lowest BCUT2D eigenvalue weighted by atomic mass is 10.2. The van der Waals surface area contributed by atoms with Gasteiger partial charge in [-0.1, -0.05) is 31.5 Å². The average Bonchev–Trinajstić information content (AvgIpc) is 2.97. The zero-order chi connectivity index (χ0) is 14.7. The molecule has 0 aliphatic carbocycles. The minimum atomic E-state index is 0.699. The van der Waals surface area contributed by atoms with Crippen molar-refractivity contribution < 1.29 is 0 Å². The molecule has 0 amide bonds. The number of fused-ring (bicyclic) bond motifs is 1.